The summed E-state index contributed by atoms with van der Waals surface area (Å²) in [7, 11) is 0. The van der Waals surface area contributed by atoms with Gasteiger partial charge in [-0.05, 0) is 17.9 Å². The zero-order chi connectivity index (χ0) is 6.53. The summed E-state index contributed by atoms with van der Waals surface area (Å²) in [6, 6.07) is 4.21. The molecule has 0 spiro atoms. The Morgan fingerprint density at radius 3 is 2.90 bits per heavy atom. The SMILES string of the molecule is Cl.NSCCc1cccs1. The van der Waals surface area contributed by atoms with Crippen LogP contribution in [0, 0.1) is 0 Å². The van der Waals surface area contributed by atoms with Crippen LogP contribution in [0.2, 0.25) is 0 Å². The third-order valence-electron chi connectivity index (χ3n) is 1.05. The highest BCUT2D eigenvalue weighted by Crippen LogP contribution is 2.09. The van der Waals surface area contributed by atoms with E-state index in [1.54, 1.807) is 11.3 Å². The summed E-state index contributed by atoms with van der Waals surface area (Å²) in [5, 5.41) is 7.36. The van der Waals surface area contributed by atoms with E-state index in [0.717, 1.165) is 12.2 Å². The largest absolute Gasteiger partial charge is 0.278 e. The lowest BCUT2D eigenvalue weighted by Crippen LogP contribution is -1.87. The maximum absolute atomic E-state index is 5.27. The van der Waals surface area contributed by atoms with Crippen LogP contribution in [0.25, 0.3) is 0 Å². The summed E-state index contributed by atoms with van der Waals surface area (Å²) in [6.45, 7) is 0. The first kappa shape index (κ1) is 10.3. The Morgan fingerprint density at radius 1 is 1.60 bits per heavy atom. The van der Waals surface area contributed by atoms with Crippen molar-refractivity contribution in [2.45, 2.75) is 6.42 Å². The Bertz CT molecular complexity index is 153. The monoisotopic (exact) mass is 195 g/mol. The van der Waals surface area contributed by atoms with Crippen molar-refractivity contribution in [3.63, 3.8) is 0 Å². The minimum atomic E-state index is 0. The van der Waals surface area contributed by atoms with Gasteiger partial charge >= 0.3 is 0 Å². The molecule has 0 unspecified atom stereocenters. The molecule has 0 saturated heterocycles. The van der Waals surface area contributed by atoms with Crippen molar-refractivity contribution in [1.82, 2.24) is 0 Å². The van der Waals surface area contributed by atoms with Crippen LogP contribution in [-0.2, 0) is 6.42 Å². The van der Waals surface area contributed by atoms with Gasteiger partial charge in [-0.2, -0.15) is 0 Å². The Kier molecular flexibility index (Phi) is 6.22. The third kappa shape index (κ3) is 3.46. The predicted octanol–water partition coefficient (Wildman–Crippen LogP) is 2.32. The van der Waals surface area contributed by atoms with Crippen molar-refractivity contribution >= 4 is 35.7 Å². The van der Waals surface area contributed by atoms with E-state index in [0.29, 0.717) is 0 Å². The van der Waals surface area contributed by atoms with E-state index in [4.69, 9.17) is 5.14 Å². The number of hydrogen-bond donors (Lipinski definition) is 1. The van der Waals surface area contributed by atoms with Crippen molar-refractivity contribution in [3.8, 4) is 0 Å². The molecule has 58 valence electrons. The van der Waals surface area contributed by atoms with Gasteiger partial charge in [0.25, 0.3) is 0 Å². The van der Waals surface area contributed by atoms with Gasteiger partial charge in [-0.25, -0.2) is 0 Å². The second-order valence-electron chi connectivity index (χ2n) is 1.70. The molecule has 0 bridgehead atoms. The van der Waals surface area contributed by atoms with Crippen LogP contribution in [0.5, 0.6) is 0 Å². The summed E-state index contributed by atoms with van der Waals surface area (Å²) in [4.78, 5) is 1.42. The Balaban J connectivity index is 0.000000810. The van der Waals surface area contributed by atoms with Crippen molar-refractivity contribution in [1.29, 1.82) is 0 Å². The van der Waals surface area contributed by atoms with Gasteiger partial charge in [0.15, 0.2) is 0 Å². The van der Waals surface area contributed by atoms with Gasteiger partial charge in [0, 0.05) is 10.6 Å². The molecule has 1 rings (SSSR count). The highest BCUT2D eigenvalue weighted by Gasteiger charge is 1.90. The fourth-order valence-corrected chi connectivity index (χ4v) is 1.79. The molecule has 10 heavy (non-hydrogen) atoms. The standard InChI is InChI=1S/C6H9NS2.ClH/c7-9-5-3-6-2-1-4-8-6;/h1-2,4H,3,5,7H2;1H. The van der Waals surface area contributed by atoms with E-state index in [1.807, 2.05) is 0 Å². The highest BCUT2D eigenvalue weighted by atomic mass is 35.5. The van der Waals surface area contributed by atoms with E-state index in [1.165, 1.54) is 16.8 Å². The highest BCUT2D eigenvalue weighted by molar-refractivity contribution is 7.97. The van der Waals surface area contributed by atoms with Crippen LogP contribution in [0.15, 0.2) is 17.5 Å². The van der Waals surface area contributed by atoms with Crippen molar-refractivity contribution in [2.24, 2.45) is 5.14 Å². The van der Waals surface area contributed by atoms with Crippen LogP contribution >= 0.6 is 35.7 Å². The summed E-state index contributed by atoms with van der Waals surface area (Å²) in [6.07, 6.45) is 1.11. The molecule has 0 saturated carbocycles. The summed E-state index contributed by atoms with van der Waals surface area (Å²) < 4.78 is 0. The number of aryl methyl sites for hydroxylation is 1. The smallest absolute Gasteiger partial charge is 0.0125 e. The molecule has 0 aliphatic carbocycles. The second kappa shape index (κ2) is 6.04. The summed E-state index contributed by atoms with van der Waals surface area (Å²) in [5.41, 5.74) is 0. The number of rotatable bonds is 3. The van der Waals surface area contributed by atoms with Gasteiger partial charge in [-0.1, -0.05) is 18.0 Å². The first-order chi connectivity index (χ1) is 4.43. The number of thiophene rings is 1. The maximum atomic E-state index is 5.27. The predicted molar refractivity (Wildman–Crippen MR) is 51.9 cm³/mol. The van der Waals surface area contributed by atoms with E-state index in [-0.39, 0.29) is 12.4 Å². The van der Waals surface area contributed by atoms with E-state index in [2.05, 4.69) is 17.5 Å². The van der Waals surface area contributed by atoms with Gasteiger partial charge in [-0.3, -0.25) is 5.14 Å². The summed E-state index contributed by atoms with van der Waals surface area (Å²) in [5.74, 6) is 1.03. The van der Waals surface area contributed by atoms with E-state index < -0.39 is 0 Å². The van der Waals surface area contributed by atoms with Gasteiger partial charge in [0.05, 0.1) is 0 Å². The third-order valence-corrected chi connectivity index (χ3v) is 2.42. The van der Waals surface area contributed by atoms with Crippen LogP contribution in [0.4, 0.5) is 0 Å². The lowest BCUT2D eigenvalue weighted by molar-refractivity contribution is 1.21. The van der Waals surface area contributed by atoms with Gasteiger partial charge < -0.3 is 0 Å². The van der Waals surface area contributed by atoms with E-state index in [9.17, 15) is 0 Å². The van der Waals surface area contributed by atoms with Crippen molar-refractivity contribution in [2.75, 3.05) is 5.75 Å². The number of halogens is 1. The molecule has 1 heterocycles. The molecular formula is C6H10ClNS2. The molecule has 0 fully saturated rings. The average Bonchev–Trinajstić information content (AvgIpc) is 2.34. The lowest BCUT2D eigenvalue weighted by Gasteiger charge is -1.90. The fourth-order valence-electron chi connectivity index (χ4n) is 0.614. The molecule has 2 N–H and O–H groups in total. The first-order valence-corrected chi connectivity index (χ1v) is 4.70. The zero-order valence-corrected chi connectivity index (χ0v) is 7.90. The lowest BCUT2D eigenvalue weighted by atomic mass is 10.4. The van der Waals surface area contributed by atoms with Crippen LogP contribution in [0.1, 0.15) is 4.88 Å². The van der Waals surface area contributed by atoms with Crippen molar-refractivity contribution < 1.29 is 0 Å². The molecule has 0 radical (unpaired) electrons. The minimum Gasteiger partial charge on any atom is -0.278 e. The molecule has 0 aliphatic rings. The normalized spacial score (nSPS) is 8.90. The summed E-state index contributed by atoms with van der Waals surface area (Å²) >= 11 is 3.20. The topological polar surface area (TPSA) is 26.0 Å². The Hall–Kier alpha value is 0.300. The second-order valence-corrected chi connectivity index (χ2v) is 3.47. The molecule has 1 nitrogen and oxygen atoms in total. The van der Waals surface area contributed by atoms with E-state index >= 15 is 0 Å². The fraction of sp³-hybridized carbons (Fsp3) is 0.333. The molecule has 0 aliphatic heterocycles. The molecule has 1 aromatic rings. The van der Waals surface area contributed by atoms with Crippen molar-refractivity contribution in [3.05, 3.63) is 22.4 Å². The van der Waals surface area contributed by atoms with Crippen LogP contribution in [0.3, 0.4) is 0 Å². The Morgan fingerprint density at radius 2 is 2.40 bits per heavy atom. The average molecular weight is 196 g/mol. The number of nitrogens with two attached hydrogens (primary N) is 1. The minimum absolute atomic E-state index is 0. The molecule has 0 aromatic carbocycles. The van der Waals surface area contributed by atoms with Crippen LogP contribution < -0.4 is 5.14 Å². The first-order valence-electron chi connectivity index (χ1n) is 2.77. The molecule has 0 atom stereocenters. The molecule has 0 amide bonds. The van der Waals surface area contributed by atoms with Crippen LogP contribution in [-0.4, -0.2) is 5.75 Å². The molecule has 4 heteroatoms. The van der Waals surface area contributed by atoms with Gasteiger partial charge in [0.2, 0.25) is 0 Å². The van der Waals surface area contributed by atoms with Gasteiger partial charge in [-0.15, -0.1) is 23.7 Å². The molecule has 1 aromatic heterocycles. The zero-order valence-electron chi connectivity index (χ0n) is 5.45. The quantitative estimate of drug-likeness (QED) is 0.750. The number of hydrogen-bond acceptors (Lipinski definition) is 3. The molecular weight excluding hydrogens is 186 g/mol. The maximum Gasteiger partial charge on any atom is 0.0125 e. The Labute approximate surface area is 75.6 Å². The van der Waals surface area contributed by atoms with Gasteiger partial charge in [0.1, 0.15) is 0 Å².